The highest BCUT2D eigenvalue weighted by Gasteiger charge is 2.06. The molecule has 94 valence electrons. The van der Waals surface area contributed by atoms with Crippen molar-refractivity contribution in [3.8, 4) is 0 Å². The van der Waals surface area contributed by atoms with E-state index < -0.39 is 0 Å². The maximum atomic E-state index is 11.3. The van der Waals surface area contributed by atoms with Gasteiger partial charge in [0.1, 0.15) is 0 Å². The second-order valence-corrected chi connectivity index (χ2v) is 3.76. The highest BCUT2D eigenvalue weighted by atomic mass is 16.2. The number of nitrogens with zero attached hydrogens (tertiary/aromatic N) is 1. The average Bonchev–Trinajstić information content (AvgIpc) is 2.25. The summed E-state index contributed by atoms with van der Waals surface area (Å²) in [4.78, 5) is 24.0. The zero-order chi connectivity index (χ0) is 12.4. The number of nitrogens with two attached hydrogens (primary N) is 1. The Morgan fingerprint density at radius 2 is 2.00 bits per heavy atom. The lowest BCUT2D eigenvalue weighted by atomic mass is 10.3. The average molecular weight is 230 g/mol. The third-order valence-electron chi connectivity index (χ3n) is 2.09. The van der Waals surface area contributed by atoms with E-state index in [1.165, 1.54) is 0 Å². The van der Waals surface area contributed by atoms with Gasteiger partial charge in [-0.25, -0.2) is 5.84 Å². The molecule has 2 amide bonds. The molecule has 0 bridgehead atoms. The van der Waals surface area contributed by atoms with Crippen LogP contribution < -0.4 is 16.6 Å². The molecular weight excluding hydrogens is 208 g/mol. The molecule has 16 heavy (non-hydrogen) atoms. The molecule has 0 saturated carbocycles. The maximum absolute atomic E-state index is 11.3. The molecule has 0 aliphatic heterocycles. The van der Waals surface area contributed by atoms with E-state index in [2.05, 4.69) is 10.7 Å². The number of rotatable bonds is 8. The Labute approximate surface area is 96.5 Å². The lowest BCUT2D eigenvalue weighted by Gasteiger charge is -2.15. The standard InChI is InChI=1S/C10H22N4O2/c1-3-6-12-10(16)8-14(2)7-4-5-9(15)13-11/h3-8,11H2,1-2H3,(H,12,16)(H,13,15). The molecule has 6 heteroatoms. The van der Waals surface area contributed by atoms with Crippen LogP contribution in [0.1, 0.15) is 26.2 Å². The number of hydrazine groups is 1. The predicted molar refractivity (Wildman–Crippen MR) is 62.4 cm³/mol. The van der Waals surface area contributed by atoms with Crippen molar-refractivity contribution < 1.29 is 9.59 Å². The molecule has 0 heterocycles. The molecule has 0 aromatic heterocycles. The minimum absolute atomic E-state index is 0.0210. The zero-order valence-electron chi connectivity index (χ0n) is 10.1. The number of likely N-dealkylation sites (N-methyl/N-ethyl adjacent to an activating group) is 1. The Morgan fingerprint density at radius 3 is 2.56 bits per heavy atom. The number of carbonyl (C=O) groups excluding carboxylic acids is 2. The maximum Gasteiger partial charge on any atom is 0.234 e. The van der Waals surface area contributed by atoms with Crippen molar-refractivity contribution >= 4 is 11.8 Å². The van der Waals surface area contributed by atoms with Crippen LogP contribution in [-0.2, 0) is 9.59 Å². The van der Waals surface area contributed by atoms with Gasteiger partial charge in [-0.2, -0.15) is 0 Å². The van der Waals surface area contributed by atoms with E-state index in [0.717, 1.165) is 6.42 Å². The molecule has 0 unspecified atom stereocenters. The van der Waals surface area contributed by atoms with Gasteiger partial charge in [-0.1, -0.05) is 6.92 Å². The van der Waals surface area contributed by atoms with Gasteiger partial charge >= 0.3 is 0 Å². The summed E-state index contributed by atoms with van der Waals surface area (Å²) in [5.41, 5.74) is 2.07. The van der Waals surface area contributed by atoms with Crippen LogP contribution in [0.25, 0.3) is 0 Å². The molecule has 0 aromatic rings. The summed E-state index contributed by atoms with van der Waals surface area (Å²) < 4.78 is 0. The van der Waals surface area contributed by atoms with Gasteiger partial charge in [0.05, 0.1) is 6.54 Å². The van der Waals surface area contributed by atoms with E-state index in [4.69, 9.17) is 5.84 Å². The molecule has 0 fully saturated rings. The Hall–Kier alpha value is -1.14. The third kappa shape index (κ3) is 8.19. The van der Waals surface area contributed by atoms with Crippen molar-refractivity contribution in [2.24, 2.45) is 5.84 Å². The fourth-order valence-corrected chi connectivity index (χ4v) is 1.23. The monoisotopic (exact) mass is 230 g/mol. The van der Waals surface area contributed by atoms with Crippen LogP contribution in [0.15, 0.2) is 0 Å². The molecular formula is C10H22N4O2. The summed E-state index contributed by atoms with van der Waals surface area (Å²) >= 11 is 0. The molecule has 6 nitrogen and oxygen atoms in total. The van der Waals surface area contributed by atoms with Gasteiger partial charge in [0.2, 0.25) is 11.8 Å². The van der Waals surface area contributed by atoms with Crippen LogP contribution in [0, 0.1) is 0 Å². The summed E-state index contributed by atoms with van der Waals surface area (Å²) in [7, 11) is 1.85. The topological polar surface area (TPSA) is 87.5 Å². The van der Waals surface area contributed by atoms with E-state index in [-0.39, 0.29) is 11.8 Å². The highest BCUT2D eigenvalue weighted by Crippen LogP contribution is 1.92. The second-order valence-electron chi connectivity index (χ2n) is 3.76. The van der Waals surface area contributed by atoms with Crippen molar-refractivity contribution in [2.45, 2.75) is 26.2 Å². The molecule has 0 atom stereocenters. The fraction of sp³-hybridized carbons (Fsp3) is 0.800. The van der Waals surface area contributed by atoms with Crippen LogP contribution in [0.4, 0.5) is 0 Å². The fourth-order valence-electron chi connectivity index (χ4n) is 1.23. The molecule has 0 saturated heterocycles. The highest BCUT2D eigenvalue weighted by molar-refractivity contribution is 5.78. The van der Waals surface area contributed by atoms with Crippen molar-refractivity contribution in [2.75, 3.05) is 26.7 Å². The Kier molecular flexibility index (Phi) is 8.46. The van der Waals surface area contributed by atoms with Gasteiger partial charge in [0.15, 0.2) is 0 Å². The largest absolute Gasteiger partial charge is 0.355 e. The van der Waals surface area contributed by atoms with Crippen molar-refractivity contribution in [1.29, 1.82) is 0 Å². The van der Waals surface area contributed by atoms with Gasteiger partial charge in [-0.05, 0) is 26.4 Å². The second kappa shape index (κ2) is 9.11. The summed E-state index contributed by atoms with van der Waals surface area (Å²) in [5.74, 6) is 4.79. The van der Waals surface area contributed by atoms with Gasteiger partial charge in [0, 0.05) is 13.0 Å². The first-order valence-corrected chi connectivity index (χ1v) is 5.54. The summed E-state index contributed by atoms with van der Waals surface area (Å²) in [6, 6.07) is 0. The number of hydrogen-bond acceptors (Lipinski definition) is 4. The van der Waals surface area contributed by atoms with Crippen LogP contribution in [0.5, 0.6) is 0 Å². The van der Waals surface area contributed by atoms with Gasteiger partial charge < -0.3 is 5.32 Å². The molecule has 0 aromatic carbocycles. The van der Waals surface area contributed by atoms with Crippen LogP contribution >= 0.6 is 0 Å². The number of amides is 2. The lowest BCUT2D eigenvalue weighted by molar-refractivity contribution is -0.121. The number of nitrogens with one attached hydrogen (secondary N) is 2. The van der Waals surface area contributed by atoms with E-state index >= 15 is 0 Å². The van der Waals surface area contributed by atoms with Crippen LogP contribution in [0.3, 0.4) is 0 Å². The number of carbonyl (C=O) groups is 2. The summed E-state index contributed by atoms with van der Waals surface area (Å²) in [5, 5.41) is 2.79. The van der Waals surface area contributed by atoms with Gasteiger partial charge in [-0.3, -0.25) is 19.9 Å². The number of hydrogen-bond donors (Lipinski definition) is 3. The predicted octanol–water partition coefficient (Wildman–Crippen LogP) is -0.785. The molecule has 0 spiro atoms. The smallest absolute Gasteiger partial charge is 0.234 e. The van der Waals surface area contributed by atoms with E-state index in [0.29, 0.717) is 32.5 Å². The zero-order valence-corrected chi connectivity index (χ0v) is 10.1. The Balaban J connectivity index is 3.53. The lowest BCUT2D eigenvalue weighted by Crippen LogP contribution is -2.36. The summed E-state index contributed by atoms with van der Waals surface area (Å²) in [6.07, 6.45) is 2.02. The molecule has 0 radical (unpaired) electrons. The van der Waals surface area contributed by atoms with E-state index in [1.54, 1.807) is 0 Å². The van der Waals surface area contributed by atoms with Crippen LogP contribution in [0.2, 0.25) is 0 Å². The van der Waals surface area contributed by atoms with Gasteiger partial charge in [-0.15, -0.1) is 0 Å². The van der Waals surface area contributed by atoms with Gasteiger partial charge in [0.25, 0.3) is 0 Å². The van der Waals surface area contributed by atoms with E-state index in [9.17, 15) is 9.59 Å². The summed E-state index contributed by atoms with van der Waals surface area (Å²) in [6.45, 7) is 3.79. The first kappa shape index (κ1) is 14.9. The molecule has 0 aliphatic carbocycles. The molecule has 0 aliphatic rings. The quantitative estimate of drug-likeness (QED) is 0.290. The van der Waals surface area contributed by atoms with Crippen molar-refractivity contribution in [1.82, 2.24) is 15.6 Å². The molecule has 0 rings (SSSR count). The minimum Gasteiger partial charge on any atom is -0.355 e. The SMILES string of the molecule is CCCNC(=O)CN(C)CCCC(=O)NN. The van der Waals surface area contributed by atoms with Crippen molar-refractivity contribution in [3.05, 3.63) is 0 Å². The molecule has 4 N–H and O–H groups in total. The Bertz CT molecular complexity index is 221. The first-order chi connectivity index (χ1) is 7.60. The van der Waals surface area contributed by atoms with E-state index in [1.807, 2.05) is 18.9 Å². The Morgan fingerprint density at radius 1 is 1.31 bits per heavy atom. The third-order valence-corrected chi connectivity index (χ3v) is 2.09. The normalized spacial score (nSPS) is 10.2. The van der Waals surface area contributed by atoms with Crippen LogP contribution in [-0.4, -0.2) is 43.4 Å². The minimum atomic E-state index is -0.177. The first-order valence-electron chi connectivity index (χ1n) is 5.54. The van der Waals surface area contributed by atoms with Crippen molar-refractivity contribution in [3.63, 3.8) is 0 Å².